The lowest BCUT2D eigenvalue weighted by Crippen LogP contribution is -2.40. The van der Waals surface area contributed by atoms with Crippen LogP contribution >= 0.6 is 0 Å². The number of ether oxygens (including phenoxy) is 1. The third kappa shape index (κ3) is 3.10. The van der Waals surface area contributed by atoms with Crippen LogP contribution in [0.25, 0.3) is 0 Å². The first-order valence-corrected chi connectivity index (χ1v) is 6.94. The van der Waals surface area contributed by atoms with E-state index in [0.717, 1.165) is 10.5 Å². The summed E-state index contributed by atoms with van der Waals surface area (Å²) < 4.78 is 10.1. The van der Waals surface area contributed by atoms with Crippen LogP contribution in [0.4, 0.5) is 4.79 Å². The molecule has 0 unspecified atom stereocenters. The van der Waals surface area contributed by atoms with Crippen LogP contribution in [0.1, 0.15) is 37.3 Å². The summed E-state index contributed by atoms with van der Waals surface area (Å²) in [5.41, 5.74) is 0.461. The van der Waals surface area contributed by atoms with E-state index in [4.69, 9.17) is 9.26 Å². The van der Waals surface area contributed by atoms with Crippen LogP contribution in [0.3, 0.4) is 0 Å². The van der Waals surface area contributed by atoms with E-state index in [9.17, 15) is 14.4 Å². The van der Waals surface area contributed by atoms with Gasteiger partial charge in [0, 0.05) is 6.54 Å². The molecule has 1 aliphatic rings. The van der Waals surface area contributed by atoms with Gasteiger partial charge in [0.1, 0.15) is 17.9 Å². The zero-order valence-corrected chi connectivity index (χ0v) is 13.1. The molecule has 1 saturated heterocycles. The number of aromatic nitrogens is 1. The monoisotopic (exact) mass is 309 g/mol. The SMILES string of the molecule is Cc1noc(C)c1COC(=O)CCN1C(=O)NC(C)(C)C1=O. The largest absolute Gasteiger partial charge is 0.461 e. The molecule has 8 nitrogen and oxygen atoms in total. The zero-order chi connectivity index (χ0) is 16.5. The Morgan fingerprint density at radius 1 is 1.36 bits per heavy atom. The van der Waals surface area contributed by atoms with Crippen LogP contribution in [0.2, 0.25) is 0 Å². The molecule has 1 fully saturated rings. The summed E-state index contributed by atoms with van der Waals surface area (Å²) >= 11 is 0. The number of rotatable bonds is 5. The maximum absolute atomic E-state index is 12.0. The van der Waals surface area contributed by atoms with Gasteiger partial charge in [0.25, 0.3) is 5.91 Å². The molecule has 0 aromatic carbocycles. The summed E-state index contributed by atoms with van der Waals surface area (Å²) in [4.78, 5) is 36.4. The number of hydrogen-bond acceptors (Lipinski definition) is 6. The van der Waals surface area contributed by atoms with Gasteiger partial charge in [-0.2, -0.15) is 0 Å². The molecule has 2 heterocycles. The molecule has 1 aromatic heterocycles. The molecule has 0 spiro atoms. The number of hydrogen-bond donors (Lipinski definition) is 1. The van der Waals surface area contributed by atoms with Gasteiger partial charge >= 0.3 is 12.0 Å². The highest BCUT2D eigenvalue weighted by atomic mass is 16.5. The topological polar surface area (TPSA) is 102 Å². The number of carbonyl (C=O) groups excluding carboxylic acids is 3. The predicted molar refractivity (Wildman–Crippen MR) is 74.7 cm³/mol. The predicted octanol–water partition coefficient (Wildman–Crippen LogP) is 1.06. The Hall–Kier alpha value is -2.38. The van der Waals surface area contributed by atoms with Crippen molar-refractivity contribution >= 4 is 17.9 Å². The Morgan fingerprint density at radius 3 is 2.55 bits per heavy atom. The van der Waals surface area contributed by atoms with Crippen molar-refractivity contribution in [2.24, 2.45) is 0 Å². The van der Waals surface area contributed by atoms with E-state index in [1.807, 2.05) is 0 Å². The van der Waals surface area contributed by atoms with Crippen molar-refractivity contribution < 1.29 is 23.6 Å². The van der Waals surface area contributed by atoms with Crippen LogP contribution in [0.15, 0.2) is 4.52 Å². The number of nitrogens with one attached hydrogen (secondary N) is 1. The maximum atomic E-state index is 12.0. The van der Waals surface area contributed by atoms with Gasteiger partial charge in [-0.3, -0.25) is 14.5 Å². The fraction of sp³-hybridized carbons (Fsp3) is 0.571. The average molecular weight is 309 g/mol. The second kappa shape index (κ2) is 5.78. The average Bonchev–Trinajstić information content (AvgIpc) is 2.84. The lowest BCUT2D eigenvalue weighted by Gasteiger charge is -2.15. The summed E-state index contributed by atoms with van der Waals surface area (Å²) in [6, 6.07) is -0.492. The molecular formula is C14H19N3O5. The van der Waals surface area contributed by atoms with Crippen molar-refractivity contribution in [3.63, 3.8) is 0 Å². The molecule has 1 N–H and O–H groups in total. The molecule has 2 rings (SSSR count). The summed E-state index contributed by atoms with van der Waals surface area (Å²) in [7, 11) is 0. The molecular weight excluding hydrogens is 290 g/mol. The highest BCUT2D eigenvalue weighted by molar-refractivity contribution is 6.06. The van der Waals surface area contributed by atoms with Gasteiger partial charge < -0.3 is 14.6 Å². The Morgan fingerprint density at radius 2 is 2.05 bits per heavy atom. The Kier molecular flexibility index (Phi) is 4.20. The Bertz CT molecular complexity index is 600. The second-order valence-electron chi connectivity index (χ2n) is 5.73. The van der Waals surface area contributed by atoms with Gasteiger partial charge in [-0.05, 0) is 27.7 Å². The van der Waals surface area contributed by atoms with Crippen LogP contribution in [-0.4, -0.2) is 40.0 Å². The van der Waals surface area contributed by atoms with Crippen LogP contribution in [0.5, 0.6) is 0 Å². The molecule has 0 saturated carbocycles. The standard InChI is InChI=1S/C14H19N3O5/c1-8-10(9(2)22-16-8)7-21-11(18)5-6-17-12(19)14(3,4)15-13(17)20/h5-7H2,1-4H3,(H,15,20). The first-order valence-electron chi connectivity index (χ1n) is 6.94. The van der Waals surface area contributed by atoms with E-state index in [1.54, 1.807) is 27.7 Å². The number of amides is 3. The van der Waals surface area contributed by atoms with Crippen molar-refractivity contribution in [3.8, 4) is 0 Å². The molecule has 0 atom stereocenters. The quantitative estimate of drug-likeness (QED) is 0.644. The molecule has 120 valence electrons. The number of urea groups is 1. The van der Waals surface area contributed by atoms with E-state index >= 15 is 0 Å². The van der Waals surface area contributed by atoms with E-state index in [2.05, 4.69) is 10.5 Å². The zero-order valence-electron chi connectivity index (χ0n) is 13.1. The summed E-state index contributed by atoms with van der Waals surface area (Å²) in [5.74, 6) is -0.248. The van der Waals surface area contributed by atoms with Gasteiger partial charge in [-0.25, -0.2) is 4.79 Å². The van der Waals surface area contributed by atoms with Gasteiger partial charge in [0.05, 0.1) is 17.7 Å². The van der Waals surface area contributed by atoms with E-state index in [1.165, 1.54) is 0 Å². The number of esters is 1. The minimum atomic E-state index is -0.933. The lowest BCUT2D eigenvalue weighted by atomic mass is 10.1. The van der Waals surface area contributed by atoms with E-state index in [0.29, 0.717) is 11.5 Å². The summed E-state index contributed by atoms with van der Waals surface area (Å²) in [6.07, 6.45) is -0.0569. The fourth-order valence-electron chi connectivity index (χ4n) is 2.16. The first kappa shape index (κ1) is 16.0. The lowest BCUT2D eigenvalue weighted by molar-refractivity contribution is -0.145. The second-order valence-corrected chi connectivity index (χ2v) is 5.73. The van der Waals surface area contributed by atoms with E-state index in [-0.39, 0.29) is 25.5 Å². The highest BCUT2D eigenvalue weighted by Crippen LogP contribution is 2.17. The molecule has 1 aliphatic heterocycles. The smallest absolute Gasteiger partial charge is 0.325 e. The maximum Gasteiger partial charge on any atom is 0.325 e. The molecule has 0 radical (unpaired) electrons. The first-order chi connectivity index (χ1) is 10.2. The third-order valence-electron chi connectivity index (χ3n) is 3.54. The molecule has 0 aliphatic carbocycles. The molecule has 0 bridgehead atoms. The number of nitrogens with zero attached hydrogens (tertiary/aromatic N) is 2. The number of imide groups is 1. The summed E-state index contributed by atoms with van der Waals surface area (Å²) in [5, 5.41) is 6.32. The Balaban J connectivity index is 1.84. The molecule has 22 heavy (non-hydrogen) atoms. The summed E-state index contributed by atoms with van der Waals surface area (Å²) in [6.45, 7) is 6.78. The van der Waals surface area contributed by atoms with Gasteiger partial charge in [-0.1, -0.05) is 5.16 Å². The van der Waals surface area contributed by atoms with Gasteiger partial charge in [0.15, 0.2) is 0 Å². The van der Waals surface area contributed by atoms with Crippen molar-refractivity contribution in [2.75, 3.05) is 6.54 Å². The van der Waals surface area contributed by atoms with Crippen molar-refractivity contribution in [1.29, 1.82) is 0 Å². The minimum Gasteiger partial charge on any atom is -0.461 e. The molecule has 1 aromatic rings. The number of carbonyl (C=O) groups is 3. The van der Waals surface area contributed by atoms with Gasteiger partial charge in [-0.15, -0.1) is 0 Å². The number of aryl methyl sites for hydroxylation is 2. The van der Waals surface area contributed by atoms with Crippen LogP contribution in [-0.2, 0) is 20.9 Å². The third-order valence-corrected chi connectivity index (χ3v) is 3.54. The van der Waals surface area contributed by atoms with Crippen molar-refractivity contribution in [1.82, 2.24) is 15.4 Å². The molecule has 3 amide bonds. The highest BCUT2D eigenvalue weighted by Gasteiger charge is 2.44. The van der Waals surface area contributed by atoms with Crippen LogP contribution in [0, 0.1) is 13.8 Å². The van der Waals surface area contributed by atoms with Crippen LogP contribution < -0.4 is 5.32 Å². The van der Waals surface area contributed by atoms with Gasteiger partial charge in [0.2, 0.25) is 0 Å². The fourth-order valence-corrected chi connectivity index (χ4v) is 2.16. The minimum absolute atomic E-state index is 0.00543. The van der Waals surface area contributed by atoms with E-state index < -0.39 is 17.5 Å². The normalized spacial score (nSPS) is 16.8. The molecule has 8 heteroatoms. The van der Waals surface area contributed by atoms with Crippen molar-refractivity contribution in [2.45, 2.75) is 46.3 Å². The van der Waals surface area contributed by atoms with Crippen molar-refractivity contribution in [3.05, 3.63) is 17.0 Å². The Labute approximate surface area is 127 Å².